The van der Waals surface area contributed by atoms with Gasteiger partial charge in [0.05, 0.1) is 12.5 Å². The maximum Gasteiger partial charge on any atom is 0.131 e. The molecule has 0 saturated heterocycles. The summed E-state index contributed by atoms with van der Waals surface area (Å²) in [5.41, 5.74) is 1.10. The van der Waals surface area contributed by atoms with Crippen molar-refractivity contribution in [2.75, 3.05) is 18.5 Å². The smallest absolute Gasteiger partial charge is 0.131 e. The molecule has 1 rings (SSSR count). The molecule has 0 fully saturated rings. The summed E-state index contributed by atoms with van der Waals surface area (Å²) in [6, 6.07) is 4.18. The van der Waals surface area contributed by atoms with Crippen molar-refractivity contribution < 1.29 is 0 Å². The molecule has 0 radical (unpaired) electrons. The molecule has 0 aromatic carbocycles. The van der Waals surface area contributed by atoms with E-state index in [2.05, 4.69) is 29.9 Å². The Kier molecular flexibility index (Phi) is 5.41. The Morgan fingerprint density at radius 1 is 1.35 bits per heavy atom. The van der Waals surface area contributed by atoms with Crippen molar-refractivity contribution in [1.29, 1.82) is 5.26 Å². The van der Waals surface area contributed by atoms with Gasteiger partial charge in [-0.25, -0.2) is 9.97 Å². The van der Waals surface area contributed by atoms with E-state index in [-0.39, 0.29) is 0 Å². The van der Waals surface area contributed by atoms with Crippen LogP contribution in [0, 0.1) is 11.3 Å². The average molecular weight is 232 g/mol. The Hall–Kier alpha value is -1.63. The molecule has 0 saturated carbocycles. The van der Waals surface area contributed by atoms with Gasteiger partial charge >= 0.3 is 0 Å². The van der Waals surface area contributed by atoms with E-state index < -0.39 is 0 Å². The fourth-order valence-electron chi connectivity index (χ4n) is 1.83. The molecule has 0 aliphatic heterocycles. The van der Waals surface area contributed by atoms with Gasteiger partial charge in [0, 0.05) is 31.3 Å². The maximum atomic E-state index is 8.57. The summed E-state index contributed by atoms with van der Waals surface area (Å²) in [5.74, 6) is 1.40. The van der Waals surface area contributed by atoms with E-state index in [0.29, 0.717) is 18.9 Å². The summed E-state index contributed by atoms with van der Waals surface area (Å²) >= 11 is 0. The Morgan fingerprint density at radius 2 is 2.06 bits per heavy atom. The number of nitrogens with zero attached hydrogens (tertiary/aromatic N) is 4. The van der Waals surface area contributed by atoms with Gasteiger partial charge in [-0.1, -0.05) is 13.8 Å². The summed E-state index contributed by atoms with van der Waals surface area (Å²) in [6.07, 6.45) is 4.32. The molecule has 1 aromatic heterocycles. The fraction of sp³-hybridized carbons (Fsp3) is 0.615. The van der Waals surface area contributed by atoms with Crippen LogP contribution in [0.5, 0.6) is 0 Å². The molecule has 17 heavy (non-hydrogen) atoms. The highest BCUT2D eigenvalue weighted by atomic mass is 15.2. The van der Waals surface area contributed by atoms with Crippen molar-refractivity contribution in [2.45, 2.75) is 39.0 Å². The van der Waals surface area contributed by atoms with E-state index in [1.54, 1.807) is 6.33 Å². The number of hydrogen-bond donors (Lipinski definition) is 0. The van der Waals surface area contributed by atoms with Gasteiger partial charge < -0.3 is 4.90 Å². The van der Waals surface area contributed by atoms with E-state index >= 15 is 0 Å². The van der Waals surface area contributed by atoms with Crippen molar-refractivity contribution in [3.05, 3.63) is 18.1 Å². The van der Waals surface area contributed by atoms with Gasteiger partial charge in [0.15, 0.2) is 0 Å². The van der Waals surface area contributed by atoms with Crippen LogP contribution in [0.25, 0.3) is 0 Å². The van der Waals surface area contributed by atoms with Gasteiger partial charge in [0.25, 0.3) is 0 Å². The SMILES string of the molecule is CCC(CC)c1cc(N(C)CCC#N)ncn1. The van der Waals surface area contributed by atoms with Gasteiger partial charge in [0.2, 0.25) is 0 Å². The van der Waals surface area contributed by atoms with Crippen molar-refractivity contribution in [3.8, 4) is 6.07 Å². The third kappa shape index (κ3) is 3.70. The fourth-order valence-corrected chi connectivity index (χ4v) is 1.83. The minimum Gasteiger partial charge on any atom is -0.359 e. The quantitative estimate of drug-likeness (QED) is 0.756. The second kappa shape index (κ2) is 6.85. The molecule has 92 valence electrons. The van der Waals surface area contributed by atoms with E-state index in [4.69, 9.17) is 5.26 Å². The van der Waals surface area contributed by atoms with Crippen molar-refractivity contribution in [2.24, 2.45) is 0 Å². The summed E-state index contributed by atoms with van der Waals surface area (Å²) in [5, 5.41) is 8.57. The van der Waals surface area contributed by atoms with Crippen LogP contribution in [0.1, 0.15) is 44.7 Å². The molecular weight excluding hydrogens is 212 g/mol. The largest absolute Gasteiger partial charge is 0.359 e. The number of nitriles is 1. The summed E-state index contributed by atoms with van der Waals surface area (Å²) in [4.78, 5) is 10.6. The molecule has 4 nitrogen and oxygen atoms in total. The molecule has 1 aromatic rings. The monoisotopic (exact) mass is 232 g/mol. The molecule has 0 aliphatic carbocycles. The van der Waals surface area contributed by atoms with Gasteiger partial charge in [-0.15, -0.1) is 0 Å². The summed E-state index contributed by atoms with van der Waals surface area (Å²) in [6.45, 7) is 5.06. The van der Waals surface area contributed by atoms with Crippen LogP contribution < -0.4 is 4.90 Å². The van der Waals surface area contributed by atoms with Crippen LogP contribution >= 0.6 is 0 Å². The zero-order chi connectivity index (χ0) is 12.7. The number of aromatic nitrogens is 2. The maximum absolute atomic E-state index is 8.57. The first kappa shape index (κ1) is 13.4. The van der Waals surface area contributed by atoms with Gasteiger partial charge in [-0.3, -0.25) is 0 Å². The van der Waals surface area contributed by atoms with Gasteiger partial charge in [0.1, 0.15) is 12.1 Å². The lowest BCUT2D eigenvalue weighted by atomic mass is 9.99. The predicted octanol–water partition coefficient (Wildman–Crippen LogP) is 2.73. The second-order valence-corrected chi connectivity index (χ2v) is 4.14. The molecule has 4 heteroatoms. The van der Waals surface area contributed by atoms with Gasteiger partial charge in [-0.05, 0) is 12.8 Å². The average Bonchev–Trinajstić information content (AvgIpc) is 2.38. The highest BCUT2D eigenvalue weighted by Crippen LogP contribution is 2.22. The Balaban J connectivity index is 2.81. The summed E-state index contributed by atoms with van der Waals surface area (Å²) in [7, 11) is 1.95. The molecule has 0 amide bonds. The molecule has 1 heterocycles. The van der Waals surface area contributed by atoms with Crippen LogP contribution in [-0.2, 0) is 0 Å². The molecule has 0 atom stereocenters. The molecule has 0 aliphatic rings. The normalized spacial score (nSPS) is 10.3. The Morgan fingerprint density at radius 3 is 2.65 bits per heavy atom. The van der Waals surface area contributed by atoms with Crippen molar-refractivity contribution in [1.82, 2.24) is 9.97 Å². The molecule has 0 spiro atoms. The minimum absolute atomic E-state index is 0.501. The molecule has 0 N–H and O–H groups in total. The first-order valence-electron chi connectivity index (χ1n) is 6.12. The van der Waals surface area contributed by atoms with Crippen LogP contribution in [0.2, 0.25) is 0 Å². The van der Waals surface area contributed by atoms with Crippen molar-refractivity contribution >= 4 is 5.82 Å². The number of rotatable bonds is 6. The lowest BCUT2D eigenvalue weighted by Crippen LogP contribution is -2.20. The first-order chi connectivity index (χ1) is 8.22. The first-order valence-corrected chi connectivity index (χ1v) is 6.12. The molecule has 0 bridgehead atoms. The zero-order valence-electron chi connectivity index (χ0n) is 10.8. The van der Waals surface area contributed by atoms with E-state index in [1.807, 2.05) is 18.0 Å². The summed E-state index contributed by atoms with van der Waals surface area (Å²) < 4.78 is 0. The lowest BCUT2D eigenvalue weighted by molar-refractivity contribution is 0.620. The highest BCUT2D eigenvalue weighted by molar-refractivity contribution is 5.38. The van der Waals surface area contributed by atoms with E-state index in [1.165, 1.54) is 0 Å². The molecule has 0 unspecified atom stereocenters. The minimum atomic E-state index is 0.501. The Bertz CT molecular complexity index is 379. The highest BCUT2D eigenvalue weighted by Gasteiger charge is 2.11. The predicted molar refractivity (Wildman–Crippen MR) is 68.9 cm³/mol. The molecular formula is C13H20N4. The lowest BCUT2D eigenvalue weighted by Gasteiger charge is -2.18. The van der Waals surface area contributed by atoms with E-state index in [0.717, 1.165) is 24.4 Å². The number of hydrogen-bond acceptors (Lipinski definition) is 4. The standard InChI is InChI=1S/C13H20N4/c1-4-11(5-2)12-9-13(16-10-15-12)17(3)8-6-7-14/h9-11H,4-6,8H2,1-3H3. The number of anilines is 1. The second-order valence-electron chi connectivity index (χ2n) is 4.14. The topological polar surface area (TPSA) is 52.8 Å². The van der Waals surface area contributed by atoms with Crippen LogP contribution in [-0.4, -0.2) is 23.6 Å². The third-order valence-corrected chi connectivity index (χ3v) is 3.03. The van der Waals surface area contributed by atoms with Crippen LogP contribution in [0.4, 0.5) is 5.82 Å². The van der Waals surface area contributed by atoms with Crippen LogP contribution in [0.3, 0.4) is 0 Å². The van der Waals surface area contributed by atoms with Gasteiger partial charge in [-0.2, -0.15) is 5.26 Å². The third-order valence-electron chi connectivity index (χ3n) is 3.03. The van der Waals surface area contributed by atoms with Crippen molar-refractivity contribution in [3.63, 3.8) is 0 Å². The Labute approximate surface area is 103 Å². The zero-order valence-corrected chi connectivity index (χ0v) is 10.8. The van der Waals surface area contributed by atoms with E-state index in [9.17, 15) is 0 Å². The van der Waals surface area contributed by atoms with Crippen LogP contribution in [0.15, 0.2) is 12.4 Å².